The van der Waals surface area contributed by atoms with Crippen LogP contribution in [-0.4, -0.2) is 26.0 Å². The van der Waals surface area contributed by atoms with Gasteiger partial charge in [0, 0.05) is 17.4 Å². The van der Waals surface area contributed by atoms with Crippen molar-refractivity contribution in [1.82, 2.24) is 4.72 Å². The molecule has 5 nitrogen and oxygen atoms in total. The topological polar surface area (TPSA) is 83.5 Å². The van der Waals surface area contributed by atoms with Crippen LogP contribution in [0.4, 0.5) is 0 Å². The van der Waals surface area contributed by atoms with Gasteiger partial charge in [-0.25, -0.2) is 13.1 Å². The molecule has 1 rings (SSSR count). The Labute approximate surface area is 127 Å². The Morgan fingerprint density at radius 3 is 2.55 bits per heavy atom. The van der Waals surface area contributed by atoms with Crippen molar-refractivity contribution in [3.63, 3.8) is 0 Å². The highest BCUT2D eigenvalue weighted by Gasteiger charge is 2.12. The fourth-order valence-corrected chi connectivity index (χ4v) is 3.35. The molecule has 1 aromatic rings. The number of benzene rings is 1. The molecule has 0 atom stereocenters. The highest BCUT2D eigenvalue weighted by Crippen LogP contribution is 2.15. The quantitative estimate of drug-likeness (QED) is 0.660. The predicted octanol–water partition coefficient (Wildman–Crippen LogP) is 2.76. The number of carboxylic acids is 1. The number of aliphatic carboxylic acids is 1. The van der Waals surface area contributed by atoms with E-state index in [1.54, 1.807) is 24.3 Å². The molecule has 0 spiro atoms. The molecule has 0 bridgehead atoms. The first-order valence-corrected chi connectivity index (χ1v) is 8.66. The van der Waals surface area contributed by atoms with Crippen molar-refractivity contribution in [1.29, 1.82) is 0 Å². The summed E-state index contributed by atoms with van der Waals surface area (Å²) in [6, 6.07) is 6.53. The van der Waals surface area contributed by atoms with E-state index >= 15 is 0 Å². The summed E-state index contributed by atoms with van der Waals surface area (Å²) in [6.45, 7) is 0.363. The molecule has 112 valence electrons. The Morgan fingerprint density at radius 1 is 1.20 bits per heavy atom. The van der Waals surface area contributed by atoms with E-state index < -0.39 is 16.0 Å². The number of rotatable bonds is 9. The van der Waals surface area contributed by atoms with Gasteiger partial charge in [0.05, 0.1) is 4.90 Å². The minimum atomic E-state index is -3.46. The van der Waals surface area contributed by atoms with Crippen LogP contribution in [0.5, 0.6) is 0 Å². The molecule has 0 aliphatic heterocycles. The molecule has 0 unspecified atom stereocenters. The molecular weight excluding hydrogens is 346 g/mol. The fraction of sp³-hybridized carbons (Fsp3) is 0.462. The summed E-state index contributed by atoms with van der Waals surface area (Å²) >= 11 is 3.24. The maximum atomic E-state index is 12.0. The van der Waals surface area contributed by atoms with Gasteiger partial charge in [-0.3, -0.25) is 4.79 Å². The average Bonchev–Trinajstić information content (AvgIpc) is 2.37. The van der Waals surface area contributed by atoms with E-state index in [0.29, 0.717) is 23.9 Å². The van der Waals surface area contributed by atoms with Gasteiger partial charge in [-0.1, -0.05) is 34.8 Å². The first-order valence-electron chi connectivity index (χ1n) is 6.39. The van der Waals surface area contributed by atoms with Crippen LogP contribution in [0.2, 0.25) is 0 Å². The minimum absolute atomic E-state index is 0.170. The Bertz CT molecular complexity index is 545. The molecule has 0 amide bonds. The lowest BCUT2D eigenvalue weighted by Crippen LogP contribution is -2.24. The second kappa shape index (κ2) is 8.39. The van der Waals surface area contributed by atoms with Crippen molar-refractivity contribution in [2.24, 2.45) is 0 Å². The van der Waals surface area contributed by atoms with Gasteiger partial charge in [0.15, 0.2) is 0 Å². The molecule has 0 fully saturated rings. The van der Waals surface area contributed by atoms with E-state index in [9.17, 15) is 13.2 Å². The van der Waals surface area contributed by atoms with Crippen LogP contribution in [0, 0.1) is 0 Å². The molecule has 0 aliphatic rings. The maximum Gasteiger partial charge on any atom is 0.303 e. The zero-order chi connectivity index (χ0) is 15.0. The number of halogens is 1. The Morgan fingerprint density at radius 2 is 1.90 bits per heavy atom. The summed E-state index contributed by atoms with van der Waals surface area (Å²) in [7, 11) is -3.46. The van der Waals surface area contributed by atoms with E-state index in [-0.39, 0.29) is 11.3 Å². The highest BCUT2D eigenvalue weighted by atomic mass is 79.9. The van der Waals surface area contributed by atoms with Crippen molar-refractivity contribution < 1.29 is 18.3 Å². The lowest BCUT2D eigenvalue weighted by molar-refractivity contribution is -0.137. The zero-order valence-electron chi connectivity index (χ0n) is 11.0. The highest BCUT2D eigenvalue weighted by molar-refractivity contribution is 9.10. The van der Waals surface area contributed by atoms with Gasteiger partial charge in [-0.2, -0.15) is 0 Å². The molecule has 0 aromatic heterocycles. The molecule has 0 saturated carbocycles. The first kappa shape index (κ1) is 17.1. The molecule has 7 heteroatoms. The van der Waals surface area contributed by atoms with Gasteiger partial charge in [-0.15, -0.1) is 0 Å². The summed E-state index contributed by atoms with van der Waals surface area (Å²) in [5, 5.41) is 8.48. The maximum absolute atomic E-state index is 12.0. The van der Waals surface area contributed by atoms with Crippen molar-refractivity contribution in [3.05, 3.63) is 28.7 Å². The van der Waals surface area contributed by atoms with Gasteiger partial charge in [0.25, 0.3) is 0 Å². The lowest BCUT2D eigenvalue weighted by atomic mass is 10.1. The SMILES string of the molecule is O=C(O)CCCCCCNS(=O)(=O)c1cccc(Br)c1. The number of hydrogen-bond acceptors (Lipinski definition) is 3. The number of unbranched alkanes of at least 4 members (excludes halogenated alkanes) is 3. The van der Waals surface area contributed by atoms with E-state index in [1.807, 2.05) is 0 Å². The largest absolute Gasteiger partial charge is 0.481 e. The predicted molar refractivity (Wildman–Crippen MR) is 80.1 cm³/mol. The van der Waals surface area contributed by atoms with Crippen LogP contribution in [0.3, 0.4) is 0 Å². The Balaban J connectivity index is 2.29. The lowest BCUT2D eigenvalue weighted by Gasteiger charge is -2.07. The van der Waals surface area contributed by atoms with Crippen LogP contribution in [0.1, 0.15) is 32.1 Å². The van der Waals surface area contributed by atoms with Crippen LogP contribution in [0.25, 0.3) is 0 Å². The summed E-state index contributed by atoms with van der Waals surface area (Å²) in [5.74, 6) is -0.791. The van der Waals surface area contributed by atoms with Gasteiger partial charge in [0.2, 0.25) is 10.0 Å². The Kier molecular flexibility index (Phi) is 7.18. The monoisotopic (exact) mass is 363 g/mol. The third-order valence-corrected chi connectivity index (χ3v) is 4.67. The van der Waals surface area contributed by atoms with Crippen molar-refractivity contribution >= 4 is 31.9 Å². The van der Waals surface area contributed by atoms with E-state index in [4.69, 9.17) is 5.11 Å². The summed E-state index contributed by atoms with van der Waals surface area (Å²) in [5.41, 5.74) is 0. The second-order valence-electron chi connectivity index (χ2n) is 4.41. The number of sulfonamides is 1. The molecule has 0 heterocycles. The van der Waals surface area contributed by atoms with Gasteiger partial charge < -0.3 is 5.11 Å². The second-order valence-corrected chi connectivity index (χ2v) is 7.10. The normalized spacial score (nSPS) is 11.4. The Hall–Kier alpha value is -0.920. The van der Waals surface area contributed by atoms with Crippen LogP contribution >= 0.6 is 15.9 Å². The van der Waals surface area contributed by atoms with E-state index in [0.717, 1.165) is 12.8 Å². The van der Waals surface area contributed by atoms with E-state index in [2.05, 4.69) is 20.7 Å². The molecule has 0 saturated heterocycles. The molecule has 0 radical (unpaired) electrons. The van der Waals surface area contributed by atoms with Gasteiger partial charge in [0.1, 0.15) is 0 Å². The van der Waals surface area contributed by atoms with Crippen molar-refractivity contribution in [2.45, 2.75) is 37.0 Å². The van der Waals surface area contributed by atoms with Crippen LogP contribution in [-0.2, 0) is 14.8 Å². The van der Waals surface area contributed by atoms with Crippen LogP contribution < -0.4 is 4.72 Å². The third-order valence-electron chi connectivity index (χ3n) is 2.72. The van der Waals surface area contributed by atoms with E-state index in [1.165, 1.54) is 0 Å². The summed E-state index contributed by atoms with van der Waals surface area (Å²) in [6.07, 6.45) is 3.11. The number of carbonyl (C=O) groups is 1. The van der Waals surface area contributed by atoms with Crippen LogP contribution in [0.15, 0.2) is 33.6 Å². The standard InChI is InChI=1S/C13H18BrNO4S/c14-11-6-5-7-12(10-11)20(18,19)15-9-4-2-1-3-8-13(16)17/h5-7,10,15H,1-4,8-9H2,(H,16,17). The molecular formula is C13H18BrNO4S. The molecule has 2 N–H and O–H groups in total. The molecule has 20 heavy (non-hydrogen) atoms. The zero-order valence-corrected chi connectivity index (χ0v) is 13.4. The van der Waals surface area contributed by atoms with Gasteiger partial charge >= 0.3 is 5.97 Å². The number of hydrogen-bond donors (Lipinski definition) is 2. The van der Waals surface area contributed by atoms with Crippen molar-refractivity contribution in [2.75, 3.05) is 6.54 Å². The fourth-order valence-electron chi connectivity index (χ4n) is 1.68. The minimum Gasteiger partial charge on any atom is -0.481 e. The smallest absolute Gasteiger partial charge is 0.303 e. The molecule has 0 aliphatic carbocycles. The first-order chi connectivity index (χ1) is 9.42. The third kappa shape index (κ3) is 6.49. The summed E-state index contributed by atoms with van der Waals surface area (Å²) in [4.78, 5) is 10.5. The summed E-state index contributed by atoms with van der Waals surface area (Å²) < 4.78 is 27.2. The number of carboxylic acid groups (broad SMARTS) is 1. The number of nitrogens with one attached hydrogen (secondary N) is 1. The average molecular weight is 364 g/mol. The van der Waals surface area contributed by atoms with Crippen molar-refractivity contribution in [3.8, 4) is 0 Å². The van der Waals surface area contributed by atoms with Gasteiger partial charge in [-0.05, 0) is 31.0 Å². The molecule has 1 aromatic carbocycles.